The van der Waals surface area contributed by atoms with Crippen molar-refractivity contribution >= 4 is 19.7 Å². The number of carboxylic acid groups (broad SMARTS) is 1. The molecule has 0 aliphatic rings. The summed E-state index contributed by atoms with van der Waals surface area (Å²) < 4.78 is 67.5. The van der Waals surface area contributed by atoms with E-state index in [-0.39, 0.29) is 24.5 Å². The van der Waals surface area contributed by atoms with Gasteiger partial charge < -0.3 is 14.9 Å². The molecule has 0 saturated carbocycles. The number of nitrogens with one attached hydrogen (secondary N) is 1. The number of hydrogen-bond acceptors (Lipinski definition) is 6. The quantitative estimate of drug-likeness (QED) is 0.303. The lowest BCUT2D eigenvalue weighted by atomic mass is 10.1. The van der Waals surface area contributed by atoms with E-state index in [9.17, 15) is 32.4 Å². The molecule has 0 bridgehead atoms. The number of alkyl halides is 3. The predicted octanol–water partition coefficient (Wildman–Crippen LogP) is 5.28. The van der Waals surface area contributed by atoms with Crippen molar-refractivity contribution in [3.8, 4) is 5.75 Å². The lowest BCUT2D eigenvalue weighted by molar-refractivity contribution is -0.175. The Kier molecular flexibility index (Phi) is 9.46. The summed E-state index contributed by atoms with van der Waals surface area (Å²) in [6.45, 7) is -0.131. The molecule has 12 heteroatoms. The van der Waals surface area contributed by atoms with Crippen LogP contribution in [0.5, 0.6) is 5.75 Å². The number of aliphatic carboxylic acids is 1. The van der Waals surface area contributed by atoms with Crippen LogP contribution in [-0.4, -0.2) is 29.2 Å². The third kappa shape index (κ3) is 9.05. The van der Waals surface area contributed by atoms with E-state index in [1.54, 1.807) is 48.5 Å². The average Bonchev–Trinajstić information content (AvgIpc) is 2.88. The maximum atomic E-state index is 13.4. The van der Waals surface area contributed by atoms with E-state index in [0.29, 0.717) is 0 Å². The molecule has 3 rings (SSSR count). The van der Waals surface area contributed by atoms with Crippen LogP contribution in [0.2, 0.25) is 0 Å². The first-order valence-electron chi connectivity index (χ1n) is 10.9. The number of carbonyl (C=O) groups is 2. The second-order valence-electron chi connectivity index (χ2n) is 7.77. The molecular formula is C25H23F3NO7P. The monoisotopic (exact) mass is 537 g/mol. The minimum atomic E-state index is -5.22. The number of hydrogen-bond donors (Lipinski definition) is 2. The van der Waals surface area contributed by atoms with E-state index in [1.165, 1.54) is 29.6 Å². The van der Waals surface area contributed by atoms with Crippen molar-refractivity contribution in [1.82, 2.24) is 5.32 Å². The van der Waals surface area contributed by atoms with E-state index >= 15 is 0 Å². The Hall–Kier alpha value is -3.66. The summed E-state index contributed by atoms with van der Waals surface area (Å²) in [5.74, 6) is -3.93. The van der Waals surface area contributed by atoms with Gasteiger partial charge in [0.2, 0.25) is 0 Å². The van der Waals surface area contributed by atoms with Crippen LogP contribution in [0, 0.1) is 0 Å². The fourth-order valence-corrected chi connectivity index (χ4v) is 4.21. The Morgan fingerprint density at radius 3 is 1.73 bits per heavy atom. The third-order valence-corrected chi connectivity index (χ3v) is 6.23. The van der Waals surface area contributed by atoms with Gasteiger partial charge in [-0.1, -0.05) is 72.8 Å². The van der Waals surface area contributed by atoms with E-state index in [4.69, 9.17) is 13.6 Å². The molecule has 2 N–H and O–H groups in total. The number of phosphoric ester groups is 1. The zero-order chi connectivity index (χ0) is 26.9. The minimum Gasteiger partial charge on any atom is -0.480 e. The van der Waals surface area contributed by atoms with Crippen molar-refractivity contribution < 1.29 is 46.0 Å². The van der Waals surface area contributed by atoms with Gasteiger partial charge in [0.15, 0.2) is 0 Å². The number of benzene rings is 3. The Labute approximate surface area is 210 Å². The van der Waals surface area contributed by atoms with Crippen molar-refractivity contribution in [3.05, 3.63) is 102 Å². The molecule has 0 aromatic heterocycles. The molecule has 1 amide bonds. The van der Waals surface area contributed by atoms with E-state index in [2.05, 4.69) is 0 Å². The molecule has 37 heavy (non-hydrogen) atoms. The summed E-state index contributed by atoms with van der Waals surface area (Å²) in [7, 11) is -4.14. The van der Waals surface area contributed by atoms with Crippen LogP contribution in [0.15, 0.2) is 84.9 Å². The fourth-order valence-electron chi connectivity index (χ4n) is 3.04. The number of halogens is 3. The Morgan fingerprint density at radius 1 is 0.811 bits per heavy atom. The second kappa shape index (κ2) is 12.5. The normalized spacial score (nSPS) is 12.5. The number of rotatable bonds is 12. The largest absolute Gasteiger partial charge is 0.530 e. The summed E-state index contributed by atoms with van der Waals surface area (Å²) in [5, 5.41) is 10.6. The molecule has 0 aliphatic heterocycles. The fraction of sp³-hybridized carbons (Fsp3) is 0.200. The van der Waals surface area contributed by atoms with E-state index < -0.39 is 38.3 Å². The minimum absolute atomic E-state index is 0.0550. The zero-order valence-corrected chi connectivity index (χ0v) is 20.2. The van der Waals surface area contributed by atoms with Gasteiger partial charge in [-0.15, -0.1) is 0 Å². The summed E-state index contributed by atoms with van der Waals surface area (Å²) in [6, 6.07) is 21.5. The van der Waals surface area contributed by atoms with Crippen molar-refractivity contribution in [2.24, 2.45) is 0 Å². The lowest BCUT2D eigenvalue weighted by Crippen LogP contribution is -2.47. The van der Waals surface area contributed by atoms with E-state index in [0.717, 1.165) is 11.1 Å². The highest BCUT2D eigenvalue weighted by molar-refractivity contribution is 7.48. The molecule has 1 atom stereocenters. The molecule has 0 aliphatic carbocycles. The van der Waals surface area contributed by atoms with Crippen LogP contribution in [0.3, 0.4) is 0 Å². The second-order valence-corrected chi connectivity index (χ2v) is 9.36. The van der Waals surface area contributed by atoms with Crippen LogP contribution < -0.4 is 9.84 Å². The average molecular weight is 537 g/mol. The molecule has 3 aromatic carbocycles. The van der Waals surface area contributed by atoms with Gasteiger partial charge in [0.05, 0.1) is 13.2 Å². The third-order valence-electron chi connectivity index (χ3n) is 4.91. The van der Waals surface area contributed by atoms with Crippen molar-refractivity contribution in [3.63, 3.8) is 0 Å². The SMILES string of the molecule is O=C(O)[C@H](Cc1ccc(OP(=O)(OCc2ccccc2)OCc2ccccc2)cc1)NC(=O)C(F)(F)F. The smallest absolute Gasteiger partial charge is 0.480 e. The van der Waals surface area contributed by atoms with Gasteiger partial charge >= 0.3 is 25.9 Å². The first-order valence-corrected chi connectivity index (χ1v) is 12.4. The van der Waals surface area contributed by atoms with Gasteiger partial charge in [-0.2, -0.15) is 13.2 Å². The lowest BCUT2D eigenvalue weighted by Gasteiger charge is -2.19. The molecule has 0 radical (unpaired) electrons. The topological polar surface area (TPSA) is 111 Å². The van der Waals surface area contributed by atoms with Gasteiger partial charge in [-0.3, -0.25) is 13.8 Å². The van der Waals surface area contributed by atoms with Gasteiger partial charge in [-0.25, -0.2) is 9.36 Å². The van der Waals surface area contributed by atoms with Gasteiger partial charge in [0.1, 0.15) is 11.8 Å². The van der Waals surface area contributed by atoms with Gasteiger partial charge in [0.25, 0.3) is 0 Å². The molecule has 0 fully saturated rings. The Bertz CT molecular complexity index is 1180. The highest BCUT2D eigenvalue weighted by Crippen LogP contribution is 2.51. The van der Waals surface area contributed by atoms with E-state index in [1.807, 2.05) is 12.1 Å². The number of carboxylic acids is 1. The summed E-state index contributed by atoms with van der Waals surface area (Å²) >= 11 is 0. The van der Waals surface area contributed by atoms with Crippen LogP contribution in [0.1, 0.15) is 16.7 Å². The molecular weight excluding hydrogens is 514 g/mol. The molecule has 0 saturated heterocycles. The van der Waals surface area contributed by atoms with Crippen LogP contribution in [0.25, 0.3) is 0 Å². The van der Waals surface area contributed by atoms with Crippen molar-refractivity contribution in [2.45, 2.75) is 31.9 Å². The first-order chi connectivity index (χ1) is 17.5. The molecule has 0 heterocycles. The van der Waals surface area contributed by atoms with Crippen LogP contribution in [-0.2, 0) is 42.8 Å². The highest BCUT2D eigenvalue weighted by atomic mass is 31.2. The zero-order valence-electron chi connectivity index (χ0n) is 19.3. The molecule has 8 nitrogen and oxygen atoms in total. The summed E-state index contributed by atoms with van der Waals surface area (Å²) in [4.78, 5) is 22.5. The van der Waals surface area contributed by atoms with Gasteiger partial charge in [-0.05, 0) is 28.8 Å². The van der Waals surface area contributed by atoms with Crippen LogP contribution >= 0.6 is 7.82 Å². The summed E-state index contributed by atoms with van der Waals surface area (Å²) in [5.41, 5.74) is 1.74. The Morgan fingerprint density at radius 2 is 1.30 bits per heavy atom. The van der Waals surface area contributed by atoms with Crippen LogP contribution in [0.4, 0.5) is 13.2 Å². The first kappa shape index (κ1) is 27.9. The number of carbonyl (C=O) groups excluding carboxylic acids is 1. The maximum absolute atomic E-state index is 13.4. The van der Waals surface area contributed by atoms with Gasteiger partial charge in [0, 0.05) is 6.42 Å². The highest BCUT2D eigenvalue weighted by Gasteiger charge is 2.40. The predicted molar refractivity (Wildman–Crippen MR) is 126 cm³/mol. The molecule has 0 spiro atoms. The number of phosphoric acid groups is 1. The molecule has 3 aromatic rings. The number of amides is 1. The van der Waals surface area contributed by atoms with Crippen molar-refractivity contribution in [2.75, 3.05) is 0 Å². The summed E-state index contributed by atoms with van der Waals surface area (Å²) in [6.07, 6.45) is -5.64. The maximum Gasteiger partial charge on any atom is 0.530 e. The Balaban J connectivity index is 1.70. The molecule has 196 valence electrons. The standard InChI is InChI=1S/C25H23F3NO7P/c26-25(27,28)24(32)29-22(23(30)31)15-18-11-13-21(14-12-18)36-37(33,34-16-19-7-3-1-4-8-19)35-17-20-9-5-2-6-10-20/h1-14,22H,15-17H2,(H,29,32)(H,30,31)/t22-/m0/s1. The molecule has 0 unspecified atom stereocenters. The van der Waals surface area contributed by atoms with Crippen molar-refractivity contribution in [1.29, 1.82) is 0 Å².